The van der Waals surface area contributed by atoms with Crippen LogP contribution in [0.15, 0.2) is 18.2 Å². The monoisotopic (exact) mass is 337 g/mol. The standard InChI is InChI=1S/C14H16ClN5O3/c1-2-13-16-14(18-17-13)12-8-19(5-6-23-12)10-4-3-9(15)7-11(10)20(21)22/h3-4,7,12H,2,5-6,8H2,1H3,(H,16,17,18). The SMILES string of the molecule is CCc1nc(C2CN(c3ccc(Cl)cc3[N+](=O)[O-])CCO2)n[nH]1. The van der Waals surface area contributed by atoms with Gasteiger partial charge in [0.1, 0.15) is 17.6 Å². The van der Waals surface area contributed by atoms with Crippen molar-refractivity contribution in [3.05, 3.63) is 45.0 Å². The molecule has 122 valence electrons. The predicted molar refractivity (Wildman–Crippen MR) is 84.8 cm³/mol. The van der Waals surface area contributed by atoms with Crippen LogP contribution < -0.4 is 4.90 Å². The molecule has 0 bridgehead atoms. The first-order chi connectivity index (χ1) is 11.1. The highest BCUT2D eigenvalue weighted by Gasteiger charge is 2.29. The molecule has 1 aromatic carbocycles. The number of nitrogens with one attached hydrogen (secondary N) is 1. The summed E-state index contributed by atoms with van der Waals surface area (Å²) in [6.45, 7) is 3.43. The molecule has 0 aliphatic carbocycles. The van der Waals surface area contributed by atoms with Crippen molar-refractivity contribution in [3.63, 3.8) is 0 Å². The van der Waals surface area contributed by atoms with Gasteiger partial charge in [0, 0.05) is 24.1 Å². The maximum atomic E-state index is 11.3. The second-order valence-electron chi connectivity index (χ2n) is 5.19. The lowest BCUT2D eigenvalue weighted by Gasteiger charge is -2.32. The number of hydrogen-bond donors (Lipinski definition) is 1. The molecule has 1 saturated heterocycles. The molecule has 0 amide bonds. The van der Waals surface area contributed by atoms with Crippen LogP contribution in [0, 0.1) is 10.1 Å². The largest absolute Gasteiger partial charge is 0.366 e. The fourth-order valence-electron chi connectivity index (χ4n) is 2.55. The predicted octanol–water partition coefficient (Wildman–Crippen LogP) is 2.51. The maximum absolute atomic E-state index is 11.3. The molecule has 2 aromatic rings. The summed E-state index contributed by atoms with van der Waals surface area (Å²) in [6.07, 6.45) is 0.433. The van der Waals surface area contributed by atoms with E-state index in [0.29, 0.717) is 36.2 Å². The van der Waals surface area contributed by atoms with E-state index in [-0.39, 0.29) is 11.8 Å². The fraction of sp³-hybridized carbons (Fsp3) is 0.429. The molecule has 23 heavy (non-hydrogen) atoms. The summed E-state index contributed by atoms with van der Waals surface area (Å²) in [6, 6.07) is 4.68. The van der Waals surface area contributed by atoms with E-state index in [2.05, 4.69) is 15.2 Å². The Bertz CT molecular complexity index is 720. The Balaban J connectivity index is 1.85. The zero-order valence-electron chi connectivity index (χ0n) is 12.5. The van der Waals surface area contributed by atoms with E-state index in [1.54, 1.807) is 12.1 Å². The summed E-state index contributed by atoms with van der Waals surface area (Å²) in [5.74, 6) is 1.36. The number of aromatic amines is 1. The van der Waals surface area contributed by atoms with Crippen molar-refractivity contribution in [2.24, 2.45) is 0 Å². The summed E-state index contributed by atoms with van der Waals surface area (Å²) >= 11 is 5.87. The van der Waals surface area contributed by atoms with E-state index in [1.807, 2.05) is 11.8 Å². The quantitative estimate of drug-likeness (QED) is 0.680. The molecule has 1 aliphatic rings. The molecule has 1 atom stereocenters. The van der Waals surface area contributed by atoms with Crippen molar-refractivity contribution in [3.8, 4) is 0 Å². The van der Waals surface area contributed by atoms with Gasteiger partial charge in [0.25, 0.3) is 5.69 Å². The normalized spacial score (nSPS) is 18.2. The minimum atomic E-state index is -0.423. The molecule has 0 spiro atoms. The van der Waals surface area contributed by atoms with Gasteiger partial charge in [-0.2, -0.15) is 5.10 Å². The van der Waals surface area contributed by atoms with E-state index in [0.717, 1.165) is 12.2 Å². The molecule has 1 aliphatic heterocycles. The van der Waals surface area contributed by atoms with Crippen LogP contribution in [-0.2, 0) is 11.2 Å². The van der Waals surface area contributed by atoms with E-state index in [1.165, 1.54) is 6.07 Å². The van der Waals surface area contributed by atoms with E-state index < -0.39 is 4.92 Å². The topological polar surface area (TPSA) is 97.2 Å². The van der Waals surface area contributed by atoms with Crippen LogP contribution in [0.25, 0.3) is 0 Å². The smallest absolute Gasteiger partial charge is 0.294 e. The fourth-order valence-corrected chi connectivity index (χ4v) is 2.71. The van der Waals surface area contributed by atoms with Gasteiger partial charge in [-0.25, -0.2) is 4.98 Å². The molecule has 9 heteroatoms. The Morgan fingerprint density at radius 3 is 3.09 bits per heavy atom. The van der Waals surface area contributed by atoms with Gasteiger partial charge in [0.15, 0.2) is 5.82 Å². The van der Waals surface area contributed by atoms with E-state index >= 15 is 0 Å². The molecule has 1 aromatic heterocycles. The van der Waals surface area contributed by atoms with Crippen LogP contribution in [0.3, 0.4) is 0 Å². The minimum Gasteiger partial charge on any atom is -0.366 e. The third-order valence-corrected chi connectivity index (χ3v) is 3.95. The number of halogens is 1. The van der Waals surface area contributed by atoms with Crippen molar-refractivity contribution in [1.82, 2.24) is 15.2 Å². The van der Waals surface area contributed by atoms with Gasteiger partial charge in [-0.1, -0.05) is 18.5 Å². The average Bonchev–Trinajstić information content (AvgIpc) is 3.04. The number of nitro benzene ring substituents is 1. The first kappa shape index (κ1) is 15.7. The summed E-state index contributed by atoms with van der Waals surface area (Å²) in [4.78, 5) is 17.1. The number of anilines is 1. The number of morpholine rings is 1. The van der Waals surface area contributed by atoms with Crippen LogP contribution in [0.2, 0.25) is 5.02 Å². The van der Waals surface area contributed by atoms with Gasteiger partial charge in [-0.05, 0) is 12.1 Å². The molecule has 1 N–H and O–H groups in total. The van der Waals surface area contributed by atoms with Crippen LogP contribution in [0.1, 0.15) is 24.7 Å². The zero-order valence-corrected chi connectivity index (χ0v) is 13.3. The van der Waals surface area contributed by atoms with E-state index in [9.17, 15) is 10.1 Å². The van der Waals surface area contributed by atoms with Gasteiger partial charge in [0.05, 0.1) is 18.1 Å². The summed E-state index contributed by atoms with van der Waals surface area (Å²) in [5.41, 5.74) is 0.515. The Kier molecular flexibility index (Phi) is 4.44. The average molecular weight is 338 g/mol. The number of nitro groups is 1. The lowest BCUT2D eigenvalue weighted by molar-refractivity contribution is -0.384. The highest BCUT2D eigenvalue weighted by atomic mass is 35.5. The number of benzene rings is 1. The Hall–Kier alpha value is -2.19. The number of H-pyrrole nitrogens is 1. The molecule has 0 saturated carbocycles. The molecular formula is C14H16ClN5O3. The first-order valence-corrected chi connectivity index (χ1v) is 7.68. The Labute approximate surface area is 137 Å². The van der Waals surface area contributed by atoms with Crippen molar-refractivity contribution >= 4 is 23.0 Å². The summed E-state index contributed by atoms with van der Waals surface area (Å²) in [7, 11) is 0. The van der Waals surface area contributed by atoms with Crippen molar-refractivity contribution in [1.29, 1.82) is 0 Å². The van der Waals surface area contributed by atoms with Crippen LogP contribution in [-0.4, -0.2) is 39.8 Å². The summed E-state index contributed by atoms with van der Waals surface area (Å²) in [5, 5.41) is 18.6. The third-order valence-electron chi connectivity index (χ3n) is 3.71. The summed E-state index contributed by atoms with van der Waals surface area (Å²) < 4.78 is 5.72. The van der Waals surface area contributed by atoms with Gasteiger partial charge in [0.2, 0.25) is 0 Å². The number of nitrogens with zero attached hydrogens (tertiary/aromatic N) is 4. The van der Waals surface area contributed by atoms with Gasteiger partial charge < -0.3 is 9.64 Å². The van der Waals surface area contributed by atoms with Gasteiger partial charge in [-0.3, -0.25) is 15.2 Å². The second-order valence-corrected chi connectivity index (χ2v) is 5.63. The molecule has 1 fully saturated rings. The van der Waals surface area contributed by atoms with Gasteiger partial charge >= 0.3 is 0 Å². The molecular weight excluding hydrogens is 322 g/mol. The van der Waals surface area contributed by atoms with Crippen LogP contribution in [0.5, 0.6) is 0 Å². The highest BCUT2D eigenvalue weighted by molar-refractivity contribution is 6.30. The van der Waals surface area contributed by atoms with Crippen LogP contribution >= 0.6 is 11.6 Å². The highest BCUT2D eigenvalue weighted by Crippen LogP contribution is 2.33. The first-order valence-electron chi connectivity index (χ1n) is 7.30. The number of aryl methyl sites for hydroxylation is 1. The third kappa shape index (κ3) is 3.27. The van der Waals surface area contributed by atoms with Crippen LogP contribution in [0.4, 0.5) is 11.4 Å². The molecule has 8 nitrogen and oxygen atoms in total. The Morgan fingerprint density at radius 2 is 2.39 bits per heavy atom. The number of rotatable bonds is 4. The van der Waals surface area contributed by atoms with Crippen molar-refractivity contribution < 1.29 is 9.66 Å². The van der Waals surface area contributed by atoms with Gasteiger partial charge in [-0.15, -0.1) is 0 Å². The second kappa shape index (κ2) is 6.51. The van der Waals surface area contributed by atoms with Crippen molar-refractivity contribution in [2.75, 3.05) is 24.6 Å². The lowest BCUT2D eigenvalue weighted by atomic mass is 10.2. The number of aromatic nitrogens is 3. The molecule has 1 unspecified atom stereocenters. The maximum Gasteiger partial charge on any atom is 0.294 e. The number of hydrogen-bond acceptors (Lipinski definition) is 6. The lowest BCUT2D eigenvalue weighted by Crippen LogP contribution is -2.39. The zero-order chi connectivity index (χ0) is 16.4. The molecule has 2 heterocycles. The van der Waals surface area contributed by atoms with Crippen molar-refractivity contribution in [2.45, 2.75) is 19.4 Å². The molecule has 0 radical (unpaired) electrons. The molecule has 3 rings (SSSR count). The minimum absolute atomic E-state index is 0.0117. The Morgan fingerprint density at radius 1 is 1.57 bits per heavy atom. The van der Waals surface area contributed by atoms with E-state index in [4.69, 9.17) is 16.3 Å². The number of ether oxygens (including phenoxy) is 1.